The van der Waals surface area contributed by atoms with Crippen LogP contribution in [-0.4, -0.2) is 30.3 Å². The Morgan fingerprint density at radius 2 is 2.04 bits per heavy atom. The molecule has 7 nitrogen and oxygen atoms in total. The Balaban J connectivity index is 2.31. The summed E-state index contributed by atoms with van der Waals surface area (Å²) >= 11 is 7.75. The number of benzene rings is 2. The molecule has 138 valence electrons. The van der Waals surface area contributed by atoms with E-state index in [0.29, 0.717) is 16.5 Å². The molecule has 1 N–H and O–H groups in total. The molecule has 0 amide bonds. The van der Waals surface area contributed by atoms with Crippen LogP contribution in [0.4, 0.5) is 11.4 Å². The lowest BCUT2D eigenvalue weighted by Gasteiger charge is -2.14. The SMILES string of the molecule is COC(=O)C(C)Nc1cc(Oc2ccc(SC)cc2Cl)ccc1[N+](=O)[O-]. The summed E-state index contributed by atoms with van der Waals surface area (Å²) in [4.78, 5) is 23.2. The molecule has 0 bridgehead atoms. The maximum absolute atomic E-state index is 11.6. The quantitative estimate of drug-likeness (QED) is 0.313. The van der Waals surface area contributed by atoms with E-state index in [0.717, 1.165) is 4.90 Å². The Morgan fingerprint density at radius 3 is 2.62 bits per heavy atom. The zero-order valence-corrected chi connectivity index (χ0v) is 15.9. The van der Waals surface area contributed by atoms with Gasteiger partial charge < -0.3 is 14.8 Å². The summed E-state index contributed by atoms with van der Waals surface area (Å²) in [5.74, 6) is 0.223. The van der Waals surface area contributed by atoms with Crippen molar-refractivity contribution in [1.82, 2.24) is 0 Å². The number of carbonyl (C=O) groups is 1. The topological polar surface area (TPSA) is 90.7 Å². The van der Waals surface area contributed by atoms with Gasteiger partial charge in [0, 0.05) is 17.0 Å². The van der Waals surface area contributed by atoms with Crippen LogP contribution in [0, 0.1) is 10.1 Å². The molecule has 0 fully saturated rings. The third kappa shape index (κ3) is 4.80. The molecule has 0 saturated heterocycles. The first kappa shape index (κ1) is 19.9. The summed E-state index contributed by atoms with van der Waals surface area (Å²) in [6.45, 7) is 1.54. The van der Waals surface area contributed by atoms with Gasteiger partial charge in [-0.15, -0.1) is 11.8 Å². The molecule has 0 aliphatic rings. The van der Waals surface area contributed by atoms with Crippen LogP contribution in [0.2, 0.25) is 5.02 Å². The molecule has 26 heavy (non-hydrogen) atoms. The van der Waals surface area contributed by atoms with Crippen molar-refractivity contribution in [3.8, 4) is 11.5 Å². The molecule has 0 aliphatic heterocycles. The fourth-order valence-corrected chi connectivity index (χ4v) is 2.86. The van der Waals surface area contributed by atoms with Crippen LogP contribution in [0.1, 0.15) is 6.92 Å². The number of anilines is 1. The summed E-state index contributed by atoms with van der Waals surface area (Å²) in [6.07, 6.45) is 1.93. The van der Waals surface area contributed by atoms with Crippen molar-refractivity contribution >= 4 is 40.7 Å². The second-order valence-electron chi connectivity index (χ2n) is 5.22. The van der Waals surface area contributed by atoms with Crippen molar-refractivity contribution in [3.63, 3.8) is 0 Å². The van der Waals surface area contributed by atoms with Gasteiger partial charge in [-0.05, 0) is 37.4 Å². The van der Waals surface area contributed by atoms with E-state index in [1.165, 1.54) is 25.3 Å². The number of carbonyl (C=O) groups excluding carboxylic acids is 1. The van der Waals surface area contributed by atoms with Crippen LogP contribution in [0.15, 0.2) is 41.3 Å². The maximum atomic E-state index is 11.6. The van der Waals surface area contributed by atoms with E-state index in [4.69, 9.17) is 16.3 Å². The second kappa shape index (κ2) is 8.77. The summed E-state index contributed by atoms with van der Waals surface area (Å²) in [5, 5.41) is 14.4. The van der Waals surface area contributed by atoms with Gasteiger partial charge in [-0.1, -0.05) is 11.6 Å². The predicted molar refractivity (Wildman–Crippen MR) is 102 cm³/mol. The Hall–Kier alpha value is -2.45. The van der Waals surface area contributed by atoms with Crippen molar-refractivity contribution in [2.75, 3.05) is 18.7 Å². The molecule has 0 aromatic heterocycles. The minimum atomic E-state index is -0.765. The Morgan fingerprint density at radius 1 is 1.31 bits per heavy atom. The van der Waals surface area contributed by atoms with Gasteiger partial charge in [-0.3, -0.25) is 10.1 Å². The molecule has 2 aromatic carbocycles. The van der Waals surface area contributed by atoms with Crippen LogP contribution in [0.25, 0.3) is 0 Å². The van der Waals surface area contributed by atoms with E-state index in [2.05, 4.69) is 10.1 Å². The number of halogens is 1. The average Bonchev–Trinajstić information content (AvgIpc) is 2.62. The molecular weight excluding hydrogens is 380 g/mol. The van der Waals surface area contributed by atoms with Crippen molar-refractivity contribution in [1.29, 1.82) is 0 Å². The van der Waals surface area contributed by atoms with Crippen LogP contribution < -0.4 is 10.1 Å². The lowest BCUT2D eigenvalue weighted by molar-refractivity contribution is -0.384. The number of ether oxygens (including phenoxy) is 2. The van der Waals surface area contributed by atoms with Gasteiger partial charge in [-0.25, -0.2) is 4.79 Å². The Bertz CT molecular complexity index is 831. The first-order valence-corrected chi connectivity index (χ1v) is 9.10. The minimum Gasteiger partial charge on any atom is -0.467 e. The van der Waals surface area contributed by atoms with Gasteiger partial charge in [0.25, 0.3) is 5.69 Å². The fourth-order valence-electron chi connectivity index (χ4n) is 2.14. The molecule has 2 aromatic rings. The van der Waals surface area contributed by atoms with Gasteiger partial charge in [-0.2, -0.15) is 0 Å². The molecule has 9 heteroatoms. The predicted octanol–water partition coefficient (Wildman–Crippen LogP) is 4.74. The van der Waals surface area contributed by atoms with Gasteiger partial charge in [0.2, 0.25) is 0 Å². The van der Waals surface area contributed by atoms with E-state index >= 15 is 0 Å². The van der Waals surface area contributed by atoms with Crippen molar-refractivity contribution in [3.05, 3.63) is 51.5 Å². The first-order chi connectivity index (χ1) is 12.3. The van der Waals surface area contributed by atoms with Crippen LogP contribution in [-0.2, 0) is 9.53 Å². The number of hydrogen-bond acceptors (Lipinski definition) is 7. The van der Waals surface area contributed by atoms with Gasteiger partial charge in [0.15, 0.2) is 0 Å². The molecule has 0 aliphatic carbocycles. The number of nitro groups is 1. The molecule has 0 spiro atoms. The number of methoxy groups -OCH3 is 1. The summed E-state index contributed by atoms with van der Waals surface area (Å²) in [5.41, 5.74) is -0.0424. The molecule has 0 saturated carbocycles. The highest BCUT2D eigenvalue weighted by atomic mass is 35.5. The first-order valence-electron chi connectivity index (χ1n) is 7.50. The number of nitro benzene ring substituents is 1. The lowest BCUT2D eigenvalue weighted by Crippen LogP contribution is -2.27. The summed E-state index contributed by atoms with van der Waals surface area (Å²) < 4.78 is 10.4. The second-order valence-corrected chi connectivity index (χ2v) is 6.51. The van der Waals surface area contributed by atoms with E-state index in [1.807, 2.05) is 12.3 Å². The highest BCUT2D eigenvalue weighted by Crippen LogP contribution is 2.35. The number of nitrogens with one attached hydrogen (secondary N) is 1. The Kier molecular flexibility index (Phi) is 6.70. The third-order valence-electron chi connectivity index (χ3n) is 3.46. The van der Waals surface area contributed by atoms with Crippen molar-refractivity contribution in [2.24, 2.45) is 0 Å². The number of nitrogens with zero attached hydrogens (tertiary/aromatic N) is 1. The molecular formula is C17H17ClN2O5S. The maximum Gasteiger partial charge on any atom is 0.327 e. The van der Waals surface area contributed by atoms with Gasteiger partial charge in [0.1, 0.15) is 23.2 Å². The van der Waals surface area contributed by atoms with E-state index < -0.39 is 16.9 Å². The number of esters is 1. The zero-order valence-electron chi connectivity index (χ0n) is 14.3. The van der Waals surface area contributed by atoms with Gasteiger partial charge in [0.05, 0.1) is 17.1 Å². The largest absolute Gasteiger partial charge is 0.467 e. The third-order valence-corrected chi connectivity index (χ3v) is 4.48. The Labute approximate surface area is 159 Å². The van der Waals surface area contributed by atoms with Crippen molar-refractivity contribution < 1.29 is 19.2 Å². The monoisotopic (exact) mass is 396 g/mol. The van der Waals surface area contributed by atoms with E-state index in [9.17, 15) is 14.9 Å². The normalized spacial score (nSPS) is 11.5. The molecule has 1 unspecified atom stereocenters. The van der Waals surface area contributed by atoms with Crippen LogP contribution in [0.5, 0.6) is 11.5 Å². The zero-order chi connectivity index (χ0) is 19.3. The summed E-state index contributed by atoms with van der Waals surface area (Å²) in [6, 6.07) is 8.78. The minimum absolute atomic E-state index is 0.141. The number of thioether (sulfide) groups is 1. The van der Waals surface area contributed by atoms with Crippen molar-refractivity contribution in [2.45, 2.75) is 17.9 Å². The van der Waals surface area contributed by atoms with Gasteiger partial charge >= 0.3 is 5.97 Å². The number of rotatable bonds is 7. The van der Waals surface area contributed by atoms with Crippen LogP contribution in [0.3, 0.4) is 0 Å². The fraction of sp³-hybridized carbons (Fsp3) is 0.235. The highest BCUT2D eigenvalue weighted by molar-refractivity contribution is 7.98. The standard InChI is InChI=1S/C17H17ClN2O5S/c1-10(17(21)24-2)19-14-8-11(4-6-15(14)20(22)23)25-16-7-5-12(26-3)9-13(16)18/h4-10,19H,1-3H3. The van der Waals surface area contributed by atoms with E-state index in [-0.39, 0.29) is 11.4 Å². The highest BCUT2D eigenvalue weighted by Gasteiger charge is 2.20. The molecule has 1 atom stereocenters. The molecule has 0 heterocycles. The smallest absolute Gasteiger partial charge is 0.327 e. The lowest BCUT2D eigenvalue weighted by atomic mass is 10.2. The summed E-state index contributed by atoms with van der Waals surface area (Å²) in [7, 11) is 1.24. The number of hydrogen-bond donors (Lipinski definition) is 1. The van der Waals surface area contributed by atoms with Crippen LogP contribution >= 0.6 is 23.4 Å². The van der Waals surface area contributed by atoms with E-state index in [1.54, 1.807) is 30.8 Å². The molecule has 0 radical (unpaired) electrons. The average molecular weight is 397 g/mol. The molecule has 2 rings (SSSR count).